The fraction of sp³-hybridized carbons (Fsp3) is 0.467. The minimum atomic E-state index is -0.832. The van der Waals surface area contributed by atoms with Crippen LogP contribution in [-0.2, 0) is 14.3 Å². The summed E-state index contributed by atoms with van der Waals surface area (Å²) in [5, 5.41) is 21.6. The van der Waals surface area contributed by atoms with E-state index in [1.54, 1.807) is 30.3 Å². The number of carbonyl (C=O) groups excluding carboxylic acids is 2. The highest BCUT2D eigenvalue weighted by Crippen LogP contribution is 2.42. The minimum absolute atomic E-state index is 0. The number of nitrogens with zero attached hydrogens (tertiary/aromatic N) is 2. The number of carbonyl (C=O) groups is 2. The Hall–Kier alpha value is -3.27. The van der Waals surface area contributed by atoms with Crippen LogP contribution in [0.2, 0.25) is 0 Å². The highest BCUT2D eigenvalue weighted by atomic mass is 35.5. The second-order valence-electron chi connectivity index (χ2n) is 10.4. The molecule has 0 aliphatic carbocycles. The number of aliphatic hydroxyl groups excluding tert-OH is 1. The highest BCUT2D eigenvalue weighted by Gasteiger charge is 2.46. The van der Waals surface area contributed by atoms with E-state index in [0.717, 1.165) is 25.2 Å². The maximum atomic E-state index is 13.4. The van der Waals surface area contributed by atoms with Crippen LogP contribution >= 0.6 is 12.4 Å². The quantitative estimate of drug-likeness (QED) is 0.245. The van der Waals surface area contributed by atoms with Gasteiger partial charge in [0.25, 0.3) is 11.7 Å². The SMILES string of the molecule is COc1cc(C2/C(=C(\O)c3ccc(OCC(C)C)c(C)c3)C(=O)C(=O)N2CCCN2CCOCC2)ccc1O.Cl. The summed E-state index contributed by atoms with van der Waals surface area (Å²) < 4.78 is 16.6. The molecule has 40 heavy (non-hydrogen) atoms. The number of aryl methyl sites for hydroxylation is 1. The molecule has 2 N–H and O–H groups in total. The van der Waals surface area contributed by atoms with Gasteiger partial charge in [-0.15, -0.1) is 12.4 Å². The van der Waals surface area contributed by atoms with Crippen molar-refractivity contribution >= 4 is 29.9 Å². The van der Waals surface area contributed by atoms with Crippen molar-refractivity contribution in [2.75, 3.05) is 53.1 Å². The van der Waals surface area contributed by atoms with Crippen LogP contribution in [0.15, 0.2) is 42.0 Å². The Morgan fingerprint density at radius 1 is 1.07 bits per heavy atom. The summed E-state index contributed by atoms with van der Waals surface area (Å²) >= 11 is 0. The molecule has 1 amide bonds. The van der Waals surface area contributed by atoms with Crippen molar-refractivity contribution in [2.24, 2.45) is 5.92 Å². The van der Waals surface area contributed by atoms with Gasteiger partial charge in [0.1, 0.15) is 11.5 Å². The summed E-state index contributed by atoms with van der Waals surface area (Å²) in [7, 11) is 1.43. The van der Waals surface area contributed by atoms with Crippen LogP contribution in [-0.4, -0.2) is 84.8 Å². The summed E-state index contributed by atoms with van der Waals surface area (Å²) in [5.74, 6) is -0.438. The Balaban J connectivity index is 0.00000441. The molecule has 1 unspecified atom stereocenters. The first-order chi connectivity index (χ1) is 18.7. The first-order valence-corrected chi connectivity index (χ1v) is 13.4. The monoisotopic (exact) mass is 574 g/mol. The molecule has 0 aromatic heterocycles. The molecule has 10 heteroatoms. The van der Waals surface area contributed by atoms with Gasteiger partial charge in [0, 0.05) is 31.7 Å². The fourth-order valence-electron chi connectivity index (χ4n) is 4.98. The number of Topliss-reactive ketones (excluding diaryl/α,β-unsaturated/α-hetero) is 1. The number of aliphatic hydroxyl groups is 1. The van der Waals surface area contributed by atoms with Crippen LogP contribution < -0.4 is 9.47 Å². The number of hydrogen-bond acceptors (Lipinski definition) is 8. The largest absolute Gasteiger partial charge is 0.507 e. The standard InChI is InChI=1S/C30H38N2O7.ClH/c1-19(2)18-39-24-9-7-22(16-20(24)3)28(34)26-27(21-6-8-23(33)25(17-21)37-4)32(30(36)29(26)35)11-5-10-31-12-14-38-15-13-31;/h6-9,16-17,19,27,33-34H,5,10-15,18H2,1-4H3;1H/b28-26+;. The maximum Gasteiger partial charge on any atom is 0.295 e. The third-order valence-corrected chi connectivity index (χ3v) is 7.06. The van der Waals surface area contributed by atoms with Gasteiger partial charge in [-0.3, -0.25) is 14.5 Å². The van der Waals surface area contributed by atoms with Crippen LogP contribution in [0.5, 0.6) is 17.2 Å². The molecule has 0 saturated carbocycles. The number of phenols is 1. The minimum Gasteiger partial charge on any atom is -0.507 e. The predicted octanol–water partition coefficient (Wildman–Crippen LogP) is 4.31. The number of benzene rings is 2. The van der Waals surface area contributed by atoms with Gasteiger partial charge in [-0.25, -0.2) is 0 Å². The molecular weight excluding hydrogens is 536 g/mol. The first kappa shape index (κ1) is 31.3. The van der Waals surface area contributed by atoms with Crippen molar-refractivity contribution < 1.29 is 34.0 Å². The zero-order chi connectivity index (χ0) is 28.1. The van der Waals surface area contributed by atoms with Crippen LogP contribution in [0, 0.1) is 12.8 Å². The Bertz CT molecular complexity index is 1240. The molecule has 2 aliphatic rings. The van der Waals surface area contributed by atoms with Crippen LogP contribution in [0.1, 0.15) is 43.0 Å². The molecule has 2 aliphatic heterocycles. The van der Waals surface area contributed by atoms with Crippen LogP contribution in [0.25, 0.3) is 5.76 Å². The first-order valence-electron chi connectivity index (χ1n) is 13.4. The average Bonchev–Trinajstić information content (AvgIpc) is 3.17. The van der Waals surface area contributed by atoms with E-state index in [2.05, 4.69) is 18.7 Å². The zero-order valence-electron chi connectivity index (χ0n) is 23.5. The topological polar surface area (TPSA) is 109 Å². The number of likely N-dealkylation sites (tertiary alicyclic amines) is 1. The number of ether oxygens (including phenoxy) is 3. The predicted molar refractivity (Wildman–Crippen MR) is 154 cm³/mol. The molecule has 0 radical (unpaired) electrons. The van der Waals surface area contributed by atoms with E-state index in [1.165, 1.54) is 18.1 Å². The van der Waals surface area contributed by atoms with Crippen molar-refractivity contribution in [1.29, 1.82) is 0 Å². The third kappa shape index (κ3) is 6.89. The number of methoxy groups -OCH3 is 1. The lowest BCUT2D eigenvalue weighted by molar-refractivity contribution is -0.140. The lowest BCUT2D eigenvalue weighted by atomic mass is 9.94. The summed E-state index contributed by atoms with van der Waals surface area (Å²) in [5.41, 5.74) is 1.80. The lowest BCUT2D eigenvalue weighted by Gasteiger charge is -2.29. The second kappa shape index (κ2) is 13.9. The lowest BCUT2D eigenvalue weighted by Crippen LogP contribution is -2.38. The number of amides is 1. The molecule has 2 heterocycles. The normalized spacial score (nSPS) is 19.1. The van der Waals surface area contributed by atoms with E-state index in [-0.39, 0.29) is 35.2 Å². The summed E-state index contributed by atoms with van der Waals surface area (Å²) in [4.78, 5) is 30.5. The van der Waals surface area contributed by atoms with Gasteiger partial charge < -0.3 is 29.3 Å². The van der Waals surface area contributed by atoms with Gasteiger partial charge >= 0.3 is 0 Å². The molecule has 1 atom stereocenters. The number of hydrogen-bond donors (Lipinski definition) is 2. The van der Waals surface area contributed by atoms with Crippen LogP contribution in [0.3, 0.4) is 0 Å². The number of phenolic OH excluding ortho intramolecular Hbond substituents is 1. The number of ketones is 1. The molecule has 2 aromatic rings. The Morgan fingerprint density at radius 3 is 2.45 bits per heavy atom. The van der Waals surface area contributed by atoms with Crippen LogP contribution in [0.4, 0.5) is 0 Å². The van der Waals surface area contributed by atoms with Crippen molar-refractivity contribution in [1.82, 2.24) is 9.80 Å². The van der Waals surface area contributed by atoms with Gasteiger partial charge in [0.15, 0.2) is 11.5 Å². The molecule has 218 valence electrons. The molecule has 0 bridgehead atoms. The van der Waals surface area contributed by atoms with Crippen molar-refractivity contribution in [3.05, 3.63) is 58.7 Å². The Labute approximate surface area is 241 Å². The zero-order valence-corrected chi connectivity index (χ0v) is 24.3. The highest BCUT2D eigenvalue weighted by molar-refractivity contribution is 6.46. The van der Waals surface area contributed by atoms with E-state index in [9.17, 15) is 19.8 Å². The number of aromatic hydroxyl groups is 1. The van der Waals surface area contributed by atoms with E-state index >= 15 is 0 Å². The average molecular weight is 575 g/mol. The van der Waals surface area contributed by atoms with Gasteiger partial charge in [-0.05, 0) is 60.7 Å². The molecular formula is C30H39ClN2O7. The summed E-state index contributed by atoms with van der Waals surface area (Å²) in [6.45, 7) is 10.7. The number of halogens is 1. The molecule has 2 saturated heterocycles. The summed E-state index contributed by atoms with van der Waals surface area (Å²) in [6, 6.07) is 9.09. The van der Waals surface area contributed by atoms with E-state index < -0.39 is 17.7 Å². The van der Waals surface area contributed by atoms with E-state index in [4.69, 9.17) is 14.2 Å². The Kier molecular flexibility index (Phi) is 10.8. The van der Waals surface area contributed by atoms with E-state index in [0.29, 0.717) is 55.6 Å². The van der Waals surface area contributed by atoms with Gasteiger partial charge in [-0.2, -0.15) is 0 Å². The van der Waals surface area contributed by atoms with Crippen molar-refractivity contribution in [3.63, 3.8) is 0 Å². The van der Waals surface area contributed by atoms with Gasteiger partial charge in [-0.1, -0.05) is 19.9 Å². The maximum absolute atomic E-state index is 13.4. The number of morpholine rings is 1. The van der Waals surface area contributed by atoms with E-state index in [1.807, 2.05) is 6.92 Å². The third-order valence-electron chi connectivity index (χ3n) is 7.06. The smallest absolute Gasteiger partial charge is 0.295 e. The van der Waals surface area contributed by atoms with Gasteiger partial charge in [0.05, 0.1) is 38.5 Å². The molecule has 4 rings (SSSR count). The summed E-state index contributed by atoms with van der Waals surface area (Å²) in [6.07, 6.45) is 0.653. The molecule has 9 nitrogen and oxygen atoms in total. The molecule has 2 fully saturated rings. The van der Waals surface area contributed by atoms with Gasteiger partial charge in [0.2, 0.25) is 0 Å². The van der Waals surface area contributed by atoms with Crippen molar-refractivity contribution in [2.45, 2.75) is 33.2 Å². The number of rotatable bonds is 10. The molecule has 2 aromatic carbocycles. The Morgan fingerprint density at radius 2 is 1.80 bits per heavy atom. The second-order valence-corrected chi connectivity index (χ2v) is 10.4. The van der Waals surface area contributed by atoms with Crippen molar-refractivity contribution in [3.8, 4) is 17.2 Å². The molecule has 0 spiro atoms. The fourth-order valence-corrected chi connectivity index (χ4v) is 4.98.